The Kier molecular flexibility index (Phi) is 3.36. The minimum absolute atomic E-state index is 0.257. The molecule has 1 fully saturated rings. The summed E-state index contributed by atoms with van der Waals surface area (Å²) in [5.74, 6) is 0. The summed E-state index contributed by atoms with van der Waals surface area (Å²) in [5.41, 5.74) is 0. The van der Waals surface area contributed by atoms with Crippen LogP contribution in [0.1, 0.15) is 26.2 Å². The maximum absolute atomic E-state index is 10.3. The molecule has 1 rings (SSSR count). The second-order valence-corrected chi connectivity index (χ2v) is 2.90. The first-order valence-corrected chi connectivity index (χ1v) is 4.26. The lowest BCUT2D eigenvalue weighted by atomic mass is 10.3. The van der Waals surface area contributed by atoms with Gasteiger partial charge in [0.25, 0.3) is 0 Å². The predicted octanol–water partition coefficient (Wildman–Crippen LogP) is 0.475. The highest BCUT2D eigenvalue weighted by Gasteiger charge is 2.22. The molecule has 3 heteroatoms. The van der Waals surface area contributed by atoms with Crippen molar-refractivity contribution in [2.24, 2.45) is 0 Å². The van der Waals surface area contributed by atoms with E-state index in [-0.39, 0.29) is 6.17 Å². The predicted molar refractivity (Wildman–Crippen MR) is 43.7 cm³/mol. The molecule has 0 aromatic heterocycles. The van der Waals surface area contributed by atoms with Crippen LogP contribution in [0.2, 0.25) is 0 Å². The van der Waals surface area contributed by atoms with E-state index in [1.54, 1.807) is 4.90 Å². The van der Waals surface area contributed by atoms with Crippen molar-refractivity contribution >= 4 is 6.41 Å². The van der Waals surface area contributed by atoms with Gasteiger partial charge in [0.1, 0.15) is 0 Å². The van der Waals surface area contributed by atoms with Gasteiger partial charge in [0, 0.05) is 6.54 Å². The number of likely N-dealkylation sites (tertiary alicyclic amines) is 1. The summed E-state index contributed by atoms with van der Waals surface area (Å²) in [4.78, 5) is 12.1. The van der Waals surface area contributed by atoms with Crippen LogP contribution in [0.4, 0.5) is 0 Å². The molecule has 0 aromatic rings. The standard InChI is InChI=1S/C8H15N2O/c1-2-5-9-8-4-3-6-10(8)7-11/h8-9H,2-6H2,1H3. The van der Waals surface area contributed by atoms with Crippen molar-refractivity contribution in [1.82, 2.24) is 10.2 Å². The molecule has 1 N–H and O–H groups in total. The van der Waals surface area contributed by atoms with Crippen LogP contribution in [0, 0.1) is 0 Å². The van der Waals surface area contributed by atoms with Gasteiger partial charge in [-0.1, -0.05) is 6.92 Å². The van der Waals surface area contributed by atoms with Crippen LogP contribution in [-0.2, 0) is 4.79 Å². The van der Waals surface area contributed by atoms with E-state index in [1.165, 1.54) is 0 Å². The van der Waals surface area contributed by atoms with Crippen LogP contribution in [0.5, 0.6) is 0 Å². The van der Waals surface area contributed by atoms with Crippen molar-refractivity contribution in [3.63, 3.8) is 0 Å². The molecule has 1 atom stereocenters. The third-order valence-corrected chi connectivity index (χ3v) is 2.00. The van der Waals surface area contributed by atoms with E-state index in [0.717, 1.165) is 32.4 Å². The Morgan fingerprint density at radius 2 is 2.55 bits per heavy atom. The maximum atomic E-state index is 10.3. The molecule has 0 aliphatic carbocycles. The van der Waals surface area contributed by atoms with Crippen molar-refractivity contribution in [3.8, 4) is 0 Å². The fourth-order valence-corrected chi connectivity index (χ4v) is 1.40. The quantitative estimate of drug-likeness (QED) is 0.640. The molecule has 0 spiro atoms. The molecule has 1 heterocycles. The second-order valence-electron chi connectivity index (χ2n) is 2.90. The van der Waals surface area contributed by atoms with Crippen molar-refractivity contribution in [2.75, 3.05) is 13.1 Å². The first-order chi connectivity index (χ1) is 5.38. The first kappa shape index (κ1) is 8.53. The van der Waals surface area contributed by atoms with E-state index in [4.69, 9.17) is 0 Å². The van der Waals surface area contributed by atoms with Crippen LogP contribution >= 0.6 is 0 Å². The normalized spacial score (nSPS) is 24.1. The number of hydrogen-bond donors (Lipinski definition) is 1. The van der Waals surface area contributed by atoms with Crippen LogP contribution in [-0.4, -0.2) is 30.6 Å². The smallest absolute Gasteiger partial charge is 0.313 e. The molecule has 1 aliphatic heterocycles. The Hall–Kier alpha value is -0.570. The molecule has 11 heavy (non-hydrogen) atoms. The van der Waals surface area contributed by atoms with E-state index in [2.05, 4.69) is 12.2 Å². The third kappa shape index (κ3) is 2.19. The molecule has 1 amide bonds. The lowest BCUT2D eigenvalue weighted by Gasteiger charge is -2.19. The molecule has 1 aliphatic rings. The Labute approximate surface area is 67.8 Å². The summed E-state index contributed by atoms with van der Waals surface area (Å²) < 4.78 is 0. The van der Waals surface area contributed by atoms with Crippen LogP contribution in [0.15, 0.2) is 0 Å². The highest BCUT2D eigenvalue weighted by molar-refractivity contribution is 5.49. The molecule has 0 saturated carbocycles. The SMILES string of the molecule is CCCNC1CCCN1[C]=O. The highest BCUT2D eigenvalue weighted by Crippen LogP contribution is 2.11. The number of amides is 1. The van der Waals surface area contributed by atoms with Gasteiger partial charge >= 0.3 is 6.41 Å². The van der Waals surface area contributed by atoms with Crippen molar-refractivity contribution in [1.29, 1.82) is 0 Å². The Balaban J connectivity index is 2.25. The molecular weight excluding hydrogens is 140 g/mol. The average molecular weight is 155 g/mol. The summed E-state index contributed by atoms with van der Waals surface area (Å²) in [5, 5.41) is 3.30. The molecule has 1 saturated heterocycles. The number of nitrogens with zero attached hydrogens (tertiary/aromatic N) is 1. The molecule has 3 nitrogen and oxygen atoms in total. The summed E-state index contributed by atoms with van der Waals surface area (Å²) in [6, 6.07) is 0. The number of carbonyl (C=O) groups excluding carboxylic acids is 1. The molecule has 0 aromatic carbocycles. The monoisotopic (exact) mass is 155 g/mol. The summed E-state index contributed by atoms with van der Waals surface area (Å²) in [6.07, 6.45) is 5.50. The van der Waals surface area contributed by atoms with Gasteiger partial charge in [-0.2, -0.15) is 0 Å². The third-order valence-electron chi connectivity index (χ3n) is 2.00. The number of rotatable bonds is 4. The summed E-state index contributed by atoms with van der Waals surface area (Å²) in [6.45, 7) is 3.98. The average Bonchev–Trinajstić information content (AvgIpc) is 2.47. The van der Waals surface area contributed by atoms with E-state index < -0.39 is 0 Å². The Bertz CT molecular complexity index is 127. The molecule has 1 unspecified atom stereocenters. The van der Waals surface area contributed by atoms with E-state index >= 15 is 0 Å². The Morgan fingerprint density at radius 1 is 1.73 bits per heavy atom. The van der Waals surface area contributed by atoms with Crippen LogP contribution < -0.4 is 5.32 Å². The summed E-state index contributed by atoms with van der Waals surface area (Å²) in [7, 11) is 0. The second kappa shape index (κ2) is 4.34. The molecular formula is C8H15N2O. The fourth-order valence-electron chi connectivity index (χ4n) is 1.40. The zero-order valence-electron chi connectivity index (χ0n) is 6.97. The first-order valence-electron chi connectivity index (χ1n) is 4.26. The minimum Gasteiger partial charge on any atom is -0.319 e. The van der Waals surface area contributed by atoms with Gasteiger partial charge < -0.3 is 4.90 Å². The van der Waals surface area contributed by atoms with Gasteiger partial charge in [0.15, 0.2) is 0 Å². The maximum Gasteiger partial charge on any atom is 0.313 e. The highest BCUT2D eigenvalue weighted by atomic mass is 16.1. The van der Waals surface area contributed by atoms with Gasteiger partial charge in [0.2, 0.25) is 0 Å². The zero-order chi connectivity index (χ0) is 8.10. The van der Waals surface area contributed by atoms with Gasteiger partial charge in [-0.3, -0.25) is 10.1 Å². The topological polar surface area (TPSA) is 32.3 Å². The van der Waals surface area contributed by atoms with Crippen molar-refractivity contribution in [3.05, 3.63) is 0 Å². The van der Waals surface area contributed by atoms with Gasteiger partial charge in [0.05, 0.1) is 6.17 Å². The number of hydrogen-bond acceptors (Lipinski definition) is 2. The molecule has 0 bridgehead atoms. The van der Waals surface area contributed by atoms with Gasteiger partial charge in [-0.25, -0.2) is 0 Å². The van der Waals surface area contributed by atoms with E-state index in [1.807, 2.05) is 6.41 Å². The van der Waals surface area contributed by atoms with E-state index in [9.17, 15) is 4.79 Å². The van der Waals surface area contributed by atoms with Crippen LogP contribution in [0.3, 0.4) is 0 Å². The number of nitrogens with one attached hydrogen (secondary N) is 1. The van der Waals surface area contributed by atoms with Gasteiger partial charge in [-0.15, -0.1) is 0 Å². The molecule has 1 radical (unpaired) electrons. The van der Waals surface area contributed by atoms with E-state index in [0.29, 0.717) is 0 Å². The molecule has 63 valence electrons. The largest absolute Gasteiger partial charge is 0.319 e. The summed E-state index contributed by atoms with van der Waals surface area (Å²) >= 11 is 0. The lowest BCUT2D eigenvalue weighted by Crippen LogP contribution is -2.40. The minimum atomic E-state index is 0.257. The Morgan fingerprint density at radius 3 is 3.18 bits per heavy atom. The van der Waals surface area contributed by atoms with Gasteiger partial charge in [-0.05, 0) is 25.8 Å². The lowest BCUT2D eigenvalue weighted by molar-refractivity contribution is 0.310. The zero-order valence-corrected chi connectivity index (χ0v) is 6.97. The van der Waals surface area contributed by atoms with Crippen molar-refractivity contribution in [2.45, 2.75) is 32.4 Å². The fraction of sp³-hybridized carbons (Fsp3) is 0.875. The van der Waals surface area contributed by atoms with Crippen molar-refractivity contribution < 1.29 is 4.79 Å². The van der Waals surface area contributed by atoms with Crippen LogP contribution in [0.25, 0.3) is 0 Å².